The molecule has 1 heterocycles. The van der Waals surface area contributed by atoms with E-state index < -0.39 is 34.5 Å². The number of aryl methyl sites for hydroxylation is 1. The normalized spacial score (nSPS) is 22.1. The largest absolute Gasteiger partial charge is 0.468 e. The number of Topliss-reactive ketones (excluding diaryl/α,β-unsaturated/α-hetero) is 1. The van der Waals surface area contributed by atoms with Gasteiger partial charge in [0.15, 0.2) is 5.78 Å². The number of nitrogens with zero attached hydrogens (tertiary/aromatic N) is 1. The topological polar surface area (TPSA) is 134 Å². The smallest absolute Gasteiger partial charge is 0.336 e. The predicted octanol–water partition coefficient (Wildman–Crippen LogP) is 2.71. The minimum absolute atomic E-state index is 0.00541. The number of benzene rings is 1. The molecular formula is C24H28N2O8. The van der Waals surface area contributed by atoms with Crippen molar-refractivity contribution in [3.05, 3.63) is 62.0 Å². The molecule has 3 atom stereocenters. The van der Waals surface area contributed by atoms with Crippen LogP contribution in [0.3, 0.4) is 0 Å². The molecule has 34 heavy (non-hydrogen) atoms. The van der Waals surface area contributed by atoms with E-state index in [1.807, 2.05) is 0 Å². The number of nitrogens with one attached hydrogen (secondary N) is 1. The summed E-state index contributed by atoms with van der Waals surface area (Å²) in [6.07, 6.45) is 0.370. The molecule has 0 saturated carbocycles. The third-order valence-electron chi connectivity index (χ3n) is 6.25. The molecule has 0 aromatic heterocycles. The van der Waals surface area contributed by atoms with Crippen molar-refractivity contribution in [1.82, 2.24) is 5.32 Å². The van der Waals surface area contributed by atoms with Crippen molar-refractivity contribution >= 4 is 23.4 Å². The predicted molar refractivity (Wildman–Crippen MR) is 121 cm³/mol. The fourth-order valence-corrected chi connectivity index (χ4v) is 4.58. The lowest BCUT2D eigenvalue weighted by Crippen LogP contribution is -2.43. The fourth-order valence-electron chi connectivity index (χ4n) is 4.58. The summed E-state index contributed by atoms with van der Waals surface area (Å²) in [5.74, 6) is -4.13. The van der Waals surface area contributed by atoms with Gasteiger partial charge in [0, 0.05) is 41.6 Å². The van der Waals surface area contributed by atoms with Crippen molar-refractivity contribution < 1.29 is 33.5 Å². The molecule has 3 rings (SSSR count). The van der Waals surface area contributed by atoms with Crippen LogP contribution in [0, 0.1) is 28.9 Å². The summed E-state index contributed by atoms with van der Waals surface area (Å²) in [4.78, 5) is 50.3. The van der Waals surface area contributed by atoms with E-state index in [0.717, 1.165) is 0 Å². The summed E-state index contributed by atoms with van der Waals surface area (Å²) < 4.78 is 15.2. The van der Waals surface area contributed by atoms with Crippen LogP contribution in [0.1, 0.15) is 37.3 Å². The van der Waals surface area contributed by atoms with E-state index in [0.29, 0.717) is 28.9 Å². The molecule has 0 amide bonds. The van der Waals surface area contributed by atoms with Crippen LogP contribution in [-0.2, 0) is 28.6 Å². The van der Waals surface area contributed by atoms with Gasteiger partial charge in [-0.1, -0.05) is 19.1 Å². The van der Waals surface area contributed by atoms with E-state index in [-0.39, 0.29) is 36.0 Å². The van der Waals surface area contributed by atoms with Crippen molar-refractivity contribution in [2.75, 3.05) is 27.4 Å². The van der Waals surface area contributed by atoms with Crippen LogP contribution in [0.4, 0.5) is 5.69 Å². The van der Waals surface area contributed by atoms with Gasteiger partial charge in [-0.3, -0.25) is 19.7 Å². The van der Waals surface area contributed by atoms with Gasteiger partial charge in [0.1, 0.15) is 12.5 Å². The van der Waals surface area contributed by atoms with Crippen LogP contribution in [-0.4, -0.2) is 50.1 Å². The number of methoxy groups -OCH3 is 2. The highest BCUT2D eigenvalue weighted by atomic mass is 16.6. The molecule has 182 valence electrons. The van der Waals surface area contributed by atoms with Crippen molar-refractivity contribution in [2.45, 2.75) is 33.1 Å². The first-order chi connectivity index (χ1) is 16.1. The second-order valence-corrected chi connectivity index (χ2v) is 8.47. The van der Waals surface area contributed by atoms with Crippen molar-refractivity contribution in [3.8, 4) is 0 Å². The van der Waals surface area contributed by atoms with Gasteiger partial charge >= 0.3 is 11.9 Å². The maximum atomic E-state index is 13.6. The zero-order chi connectivity index (χ0) is 25.2. The monoisotopic (exact) mass is 472 g/mol. The number of carbonyl (C=O) groups excluding carboxylic acids is 3. The molecule has 10 nitrogen and oxygen atoms in total. The lowest BCUT2D eigenvalue weighted by Gasteiger charge is -2.38. The van der Waals surface area contributed by atoms with E-state index in [9.17, 15) is 24.5 Å². The molecule has 1 N–H and O–H groups in total. The van der Waals surface area contributed by atoms with Gasteiger partial charge in [0.25, 0.3) is 5.69 Å². The van der Waals surface area contributed by atoms with Crippen LogP contribution in [0.5, 0.6) is 0 Å². The summed E-state index contributed by atoms with van der Waals surface area (Å²) in [5.41, 5.74) is 2.12. The fraction of sp³-hybridized carbons (Fsp3) is 0.458. The molecule has 0 bridgehead atoms. The van der Waals surface area contributed by atoms with Crippen molar-refractivity contribution in [1.29, 1.82) is 0 Å². The van der Waals surface area contributed by atoms with Crippen molar-refractivity contribution in [2.24, 2.45) is 11.8 Å². The first-order valence-corrected chi connectivity index (χ1v) is 10.9. The average Bonchev–Trinajstić information content (AvgIpc) is 2.78. The standard InChI is InChI=1S/C24H28N2O8/c1-12-6-7-15(11-17(12)26(30)31)20-19(24(29)34-9-8-32-4)14(3)25-16-10-13(2)18(23(28)33-5)22(27)21(16)20/h6-7,11,13,18,20,25H,8-10H2,1-5H3/t13-,18+,20+/m0/s1. The number of ether oxygens (including phenoxy) is 3. The SMILES string of the molecule is COCCOC(=O)C1=C(C)NC2=C(C(=O)[C@H](C(=O)OC)[C@@H](C)C2)[C@@H]1c1ccc(C)c([N+](=O)[O-])c1. The summed E-state index contributed by atoms with van der Waals surface area (Å²) in [6, 6.07) is 4.59. The van der Waals surface area contributed by atoms with Crippen LogP contribution in [0.15, 0.2) is 40.7 Å². The molecule has 1 aromatic carbocycles. The van der Waals surface area contributed by atoms with Gasteiger partial charge in [-0.15, -0.1) is 0 Å². The number of hydrogen-bond donors (Lipinski definition) is 1. The molecule has 0 unspecified atom stereocenters. The van der Waals surface area contributed by atoms with Crippen LogP contribution >= 0.6 is 0 Å². The maximum absolute atomic E-state index is 13.6. The number of ketones is 1. The minimum atomic E-state index is -1.04. The number of dihydropyridines is 1. The number of rotatable bonds is 7. The second-order valence-electron chi connectivity index (χ2n) is 8.47. The summed E-state index contributed by atoms with van der Waals surface area (Å²) >= 11 is 0. The zero-order valence-corrected chi connectivity index (χ0v) is 19.8. The Morgan fingerprint density at radius 3 is 2.53 bits per heavy atom. The van der Waals surface area contributed by atoms with Gasteiger partial charge in [-0.2, -0.15) is 0 Å². The Morgan fingerprint density at radius 2 is 1.91 bits per heavy atom. The van der Waals surface area contributed by atoms with E-state index in [4.69, 9.17) is 14.2 Å². The number of carbonyl (C=O) groups is 3. The van der Waals surface area contributed by atoms with Crippen LogP contribution < -0.4 is 5.32 Å². The summed E-state index contributed by atoms with van der Waals surface area (Å²) in [6.45, 7) is 5.25. The zero-order valence-electron chi connectivity index (χ0n) is 19.8. The average molecular weight is 472 g/mol. The third kappa shape index (κ3) is 4.58. The minimum Gasteiger partial charge on any atom is -0.468 e. The molecule has 0 radical (unpaired) electrons. The molecule has 1 aromatic rings. The van der Waals surface area contributed by atoms with Gasteiger partial charge in [0.2, 0.25) is 0 Å². The molecule has 0 spiro atoms. The Balaban J connectivity index is 2.19. The number of nitro benzene ring substituents is 1. The van der Waals surface area contributed by atoms with Crippen molar-refractivity contribution in [3.63, 3.8) is 0 Å². The van der Waals surface area contributed by atoms with E-state index >= 15 is 0 Å². The number of nitro groups is 1. The van der Waals surface area contributed by atoms with Gasteiger partial charge < -0.3 is 19.5 Å². The molecule has 1 aliphatic heterocycles. The Morgan fingerprint density at radius 1 is 1.21 bits per heavy atom. The summed E-state index contributed by atoms with van der Waals surface area (Å²) in [7, 11) is 2.69. The Kier molecular flexibility index (Phi) is 7.51. The number of hydrogen-bond acceptors (Lipinski definition) is 9. The van der Waals surface area contributed by atoms with Gasteiger partial charge in [-0.05, 0) is 31.7 Å². The maximum Gasteiger partial charge on any atom is 0.336 e. The van der Waals surface area contributed by atoms with Gasteiger partial charge in [-0.25, -0.2) is 4.79 Å². The first kappa shape index (κ1) is 25.1. The summed E-state index contributed by atoms with van der Waals surface area (Å²) in [5, 5.41) is 14.8. The molecular weight excluding hydrogens is 444 g/mol. The van der Waals surface area contributed by atoms with Crippen LogP contribution in [0.25, 0.3) is 0 Å². The molecule has 0 fully saturated rings. The highest BCUT2D eigenvalue weighted by molar-refractivity contribution is 6.12. The van der Waals surface area contributed by atoms with Gasteiger partial charge in [0.05, 0.1) is 24.2 Å². The lowest BCUT2D eigenvalue weighted by molar-refractivity contribution is -0.385. The molecule has 10 heteroatoms. The molecule has 1 aliphatic carbocycles. The second kappa shape index (κ2) is 10.2. The number of esters is 2. The van der Waals surface area contributed by atoms with Crippen LogP contribution in [0.2, 0.25) is 0 Å². The molecule has 2 aliphatic rings. The highest BCUT2D eigenvalue weighted by Gasteiger charge is 2.47. The quantitative estimate of drug-likeness (QED) is 0.209. The molecule has 0 saturated heterocycles. The Hall–Kier alpha value is -3.53. The first-order valence-electron chi connectivity index (χ1n) is 10.9. The third-order valence-corrected chi connectivity index (χ3v) is 6.25. The number of allylic oxidation sites excluding steroid dienone is 3. The Bertz CT molecular complexity index is 1100. The van der Waals surface area contributed by atoms with E-state index in [1.165, 1.54) is 20.3 Å². The highest BCUT2D eigenvalue weighted by Crippen LogP contribution is 2.46. The van der Waals surface area contributed by atoms with E-state index in [1.54, 1.807) is 32.9 Å². The van der Waals surface area contributed by atoms with E-state index in [2.05, 4.69) is 5.32 Å². The lowest BCUT2D eigenvalue weighted by atomic mass is 9.69. The Labute approximate surface area is 197 Å².